The van der Waals surface area contributed by atoms with E-state index in [1.54, 1.807) is 0 Å². The first-order valence-corrected chi connectivity index (χ1v) is 12.7. The van der Waals surface area contributed by atoms with E-state index in [0.717, 1.165) is 45.2 Å². The first-order valence-electron chi connectivity index (χ1n) is 12.7. The van der Waals surface area contributed by atoms with E-state index >= 15 is 0 Å². The Balaban J connectivity index is 1.64. The Morgan fingerprint density at radius 2 is 1.87 bits per heavy atom. The molecule has 1 fully saturated rings. The predicted molar refractivity (Wildman–Crippen MR) is 132 cm³/mol. The van der Waals surface area contributed by atoms with E-state index in [1.807, 2.05) is 0 Å². The molecule has 31 heavy (non-hydrogen) atoms. The van der Waals surface area contributed by atoms with E-state index in [1.165, 1.54) is 42.4 Å². The van der Waals surface area contributed by atoms with Crippen molar-refractivity contribution in [2.75, 3.05) is 27.2 Å². The Bertz CT molecular complexity index is 755. The van der Waals surface area contributed by atoms with Crippen molar-refractivity contribution >= 4 is 5.91 Å². The van der Waals surface area contributed by atoms with Crippen molar-refractivity contribution in [1.29, 1.82) is 0 Å². The Morgan fingerprint density at radius 3 is 2.58 bits per heavy atom. The molecule has 3 nitrogen and oxygen atoms in total. The predicted octanol–water partition coefficient (Wildman–Crippen LogP) is 6.06. The molecule has 0 radical (unpaired) electrons. The van der Waals surface area contributed by atoms with Gasteiger partial charge >= 0.3 is 0 Å². The van der Waals surface area contributed by atoms with Crippen LogP contribution in [0.15, 0.2) is 18.2 Å². The number of carbonyl (C=O) groups is 1. The van der Waals surface area contributed by atoms with Crippen LogP contribution in [0, 0.1) is 11.3 Å². The van der Waals surface area contributed by atoms with Crippen molar-refractivity contribution in [2.45, 2.75) is 96.8 Å². The summed E-state index contributed by atoms with van der Waals surface area (Å²) >= 11 is 0. The number of rotatable bonds is 9. The number of hydrogen-bond acceptors (Lipinski definition) is 2. The van der Waals surface area contributed by atoms with Crippen molar-refractivity contribution in [3.05, 3.63) is 34.9 Å². The zero-order chi connectivity index (χ0) is 22.6. The zero-order valence-electron chi connectivity index (χ0n) is 21.0. The van der Waals surface area contributed by atoms with Gasteiger partial charge in [-0.25, -0.2) is 0 Å². The zero-order valence-corrected chi connectivity index (χ0v) is 21.0. The van der Waals surface area contributed by atoms with E-state index in [4.69, 9.17) is 0 Å². The Hall–Kier alpha value is -1.35. The number of nitrogens with zero attached hydrogens (tertiary/aromatic N) is 1. The lowest BCUT2D eigenvalue weighted by Crippen LogP contribution is -2.55. The summed E-state index contributed by atoms with van der Waals surface area (Å²) < 4.78 is 0. The maximum Gasteiger partial charge on any atom is 0.226 e. The molecular weight excluding hydrogens is 380 g/mol. The highest BCUT2D eigenvalue weighted by atomic mass is 16.2. The molecule has 1 N–H and O–H groups in total. The van der Waals surface area contributed by atoms with Gasteiger partial charge in [0, 0.05) is 6.54 Å². The van der Waals surface area contributed by atoms with E-state index in [9.17, 15) is 4.79 Å². The second kappa shape index (κ2) is 10.1. The molecule has 1 amide bonds. The summed E-state index contributed by atoms with van der Waals surface area (Å²) in [5, 5.41) is 3.34. The number of carbonyl (C=O) groups excluding carboxylic acids is 1. The number of fused-ring (bicyclic) bond motifs is 3. The molecule has 2 aliphatic carbocycles. The summed E-state index contributed by atoms with van der Waals surface area (Å²) in [6.45, 7) is 11.2. The third-order valence-corrected chi connectivity index (χ3v) is 8.38. The summed E-state index contributed by atoms with van der Waals surface area (Å²) in [6.07, 6.45) is 10.4. The minimum atomic E-state index is -0.244. The molecule has 0 aromatic heterocycles. The lowest BCUT2D eigenvalue weighted by atomic mass is 9.49. The van der Waals surface area contributed by atoms with Crippen LogP contribution in [0.2, 0.25) is 0 Å². The molecular formula is C28H46N2O. The largest absolute Gasteiger partial charge is 0.356 e. The van der Waals surface area contributed by atoms with Gasteiger partial charge in [0.2, 0.25) is 5.91 Å². The summed E-state index contributed by atoms with van der Waals surface area (Å²) in [4.78, 5) is 15.7. The lowest BCUT2D eigenvalue weighted by molar-refractivity contribution is -0.139. The van der Waals surface area contributed by atoms with Gasteiger partial charge in [0.05, 0.1) is 5.41 Å². The van der Waals surface area contributed by atoms with Gasteiger partial charge in [-0.3, -0.25) is 4.79 Å². The topological polar surface area (TPSA) is 32.3 Å². The van der Waals surface area contributed by atoms with Gasteiger partial charge in [0.25, 0.3) is 0 Å². The minimum absolute atomic E-state index is 0.125. The molecule has 0 saturated heterocycles. The normalized spacial score (nSPS) is 27.8. The van der Waals surface area contributed by atoms with Crippen LogP contribution in [-0.2, 0) is 16.6 Å². The molecule has 1 aromatic carbocycles. The van der Waals surface area contributed by atoms with Crippen molar-refractivity contribution < 1.29 is 4.79 Å². The monoisotopic (exact) mass is 426 g/mol. The van der Waals surface area contributed by atoms with Crippen LogP contribution in [0.3, 0.4) is 0 Å². The van der Waals surface area contributed by atoms with Crippen LogP contribution >= 0.6 is 0 Å². The van der Waals surface area contributed by atoms with Crippen LogP contribution in [0.1, 0.15) is 102 Å². The van der Waals surface area contributed by atoms with Crippen LogP contribution < -0.4 is 5.32 Å². The number of unbranched alkanes of at least 4 members (excludes halogenated alkanes) is 3. The van der Waals surface area contributed by atoms with Crippen LogP contribution in [0.4, 0.5) is 0 Å². The number of benzene rings is 1. The van der Waals surface area contributed by atoms with Crippen molar-refractivity contribution in [2.24, 2.45) is 11.3 Å². The van der Waals surface area contributed by atoms with Crippen LogP contribution in [0.5, 0.6) is 0 Å². The van der Waals surface area contributed by atoms with Gasteiger partial charge in [0.15, 0.2) is 0 Å². The molecule has 174 valence electrons. The highest BCUT2D eigenvalue weighted by Crippen LogP contribution is 2.57. The summed E-state index contributed by atoms with van der Waals surface area (Å²) in [7, 11) is 4.26. The van der Waals surface area contributed by atoms with Gasteiger partial charge in [0.1, 0.15) is 0 Å². The molecule has 2 aliphatic rings. The average molecular weight is 427 g/mol. The van der Waals surface area contributed by atoms with Gasteiger partial charge in [-0.1, -0.05) is 65.2 Å². The molecule has 0 spiro atoms. The average Bonchev–Trinajstić information content (AvgIpc) is 2.72. The minimum Gasteiger partial charge on any atom is -0.356 e. The maximum absolute atomic E-state index is 13.4. The quantitative estimate of drug-likeness (QED) is 0.487. The van der Waals surface area contributed by atoms with E-state index < -0.39 is 0 Å². The van der Waals surface area contributed by atoms with Crippen LogP contribution in [-0.4, -0.2) is 38.0 Å². The standard InChI is InChI=1S/C28H46N2O/c1-21(2)22-12-14-24-23(20-22)13-15-25-27(24,3)16-11-17-28(25,4)26(31)29-18-9-7-8-10-19-30(5)6/h12,14,20-21,25H,7-11,13,15-19H2,1-6H3,(H,29,31)/t25?,27-,28-/m0/s1. The van der Waals surface area contributed by atoms with Gasteiger partial charge < -0.3 is 10.2 Å². The fraction of sp³-hybridized carbons (Fsp3) is 0.750. The molecule has 1 aromatic rings. The van der Waals surface area contributed by atoms with Crippen LogP contribution in [0.25, 0.3) is 0 Å². The molecule has 3 atom stereocenters. The summed E-state index contributed by atoms with van der Waals surface area (Å²) in [5.41, 5.74) is 4.38. The fourth-order valence-electron chi connectivity index (χ4n) is 6.45. The molecule has 3 rings (SSSR count). The van der Waals surface area contributed by atoms with E-state index in [2.05, 4.69) is 70.2 Å². The Morgan fingerprint density at radius 1 is 1.13 bits per heavy atom. The smallest absolute Gasteiger partial charge is 0.226 e. The highest BCUT2D eigenvalue weighted by molar-refractivity contribution is 5.83. The first kappa shape index (κ1) is 24.3. The SMILES string of the molecule is CC(C)c1ccc2c(c1)CCC1[C@@]2(C)CCC[C@]1(C)C(=O)NCCCCCCN(C)C. The van der Waals surface area contributed by atoms with Gasteiger partial charge in [-0.15, -0.1) is 0 Å². The molecule has 0 bridgehead atoms. The Labute approximate surface area is 191 Å². The third-order valence-electron chi connectivity index (χ3n) is 8.38. The molecule has 0 aliphatic heterocycles. The van der Waals surface area contributed by atoms with Crippen molar-refractivity contribution in [3.8, 4) is 0 Å². The number of hydrogen-bond donors (Lipinski definition) is 1. The molecule has 1 unspecified atom stereocenters. The summed E-state index contributed by atoms with van der Waals surface area (Å²) in [6, 6.07) is 7.18. The number of amides is 1. The fourth-order valence-corrected chi connectivity index (χ4v) is 6.45. The second-order valence-electron chi connectivity index (χ2n) is 11.3. The number of aryl methyl sites for hydroxylation is 1. The molecule has 0 heterocycles. The molecule has 1 saturated carbocycles. The van der Waals surface area contributed by atoms with E-state index in [0.29, 0.717) is 17.7 Å². The lowest BCUT2D eigenvalue weighted by Gasteiger charge is -2.54. The third kappa shape index (κ3) is 5.18. The maximum atomic E-state index is 13.4. The molecule has 3 heteroatoms. The Kier molecular flexibility index (Phi) is 7.89. The van der Waals surface area contributed by atoms with Gasteiger partial charge in [-0.05, 0) is 93.1 Å². The summed E-state index contributed by atoms with van der Waals surface area (Å²) in [5.74, 6) is 1.31. The second-order valence-corrected chi connectivity index (χ2v) is 11.3. The van der Waals surface area contributed by atoms with Crippen molar-refractivity contribution in [3.63, 3.8) is 0 Å². The first-order chi connectivity index (χ1) is 14.7. The van der Waals surface area contributed by atoms with Gasteiger partial charge in [-0.2, -0.15) is 0 Å². The number of nitrogens with one attached hydrogen (secondary N) is 1. The highest BCUT2D eigenvalue weighted by Gasteiger charge is 2.54. The van der Waals surface area contributed by atoms with E-state index in [-0.39, 0.29) is 10.8 Å². The van der Waals surface area contributed by atoms with Crippen molar-refractivity contribution in [1.82, 2.24) is 10.2 Å².